The molecule has 12 nitrogen and oxygen atoms in total. The van der Waals surface area contributed by atoms with Crippen molar-refractivity contribution in [3.63, 3.8) is 0 Å². The van der Waals surface area contributed by atoms with E-state index in [0.29, 0.717) is 61.5 Å². The molecule has 0 fully saturated rings. The van der Waals surface area contributed by atoms with Gasteiger partial charge in [-0.2, -0.15) is 0 Å². The number of hydrogen-bond donors (Lipinski definition) is 0. The van der Waals surface area contributed by atoms with Gasteiger partial charge in [0.05, 0.1) is 59.8 Å². The van der Waals surface area contributed by atoms with Gasteiger partial charge in [0, 0.05) is 22.7 Å². The average molecular weight is 699 g/mol. The van der Waals surface area contributed by atoms with Gasteiger partial charge in [0.1, 0.15) is 17.3 Å². The van der Waals surface area contributed by atoms with Crippen molar-refractivity contribution in [1.82, 2.24) is 4.57 Å². The highest BCUT2D eigenvalue weighted by Crippen LogP contribution is 2.41. The van der Waals surface area contributed by atoms with E-state index >= 15 is 0 Å². The molecule has 3 heterocycles. The Morgan fingerprint density at radius 1 is 1.11 bits per heavy atom. The molecule has 0 saturated carbocycles. The molecule has 45 heavy (non-hydrogen) atoms. The fourth-order valence-corrected chi connectivity index (χ4v) is 6.55. The van der Waals surface area contributed by atoms with Crippen LogP contribution in [-0.2, 0) is 9.53 Å². The molecular formula is C31H28BrN3O9S. The summed E-state index contributed by atoms with van der Waals surface area (Å²) in [6.45, 7) is 5.80. The van der Waals surface area contributed by atoms with E-state index in [1.165, 1.54) is 37.0 Å². The molecule has 0 bridgehead atoms. The summed E-state index contributed by atoms with van der Waals surface area (Å²) in [4.78, 5) is 43.2. The number of rotatable bonds is 10. The van der Waals surface area contributed by atoms with Crippen molar-refractivity contribution in [1.29, 1.82) is 0 Å². The molecule has 234 valence electrons. The Bertz CT molecular complexity index is 2030. The first kappa shape index (κ1) is 31.7. The van der Waals surface area contributed by atoms with Gasteiger partial charge in [-0.05, 0) is 56.7 Å². The fraction of sp³-hybridized carbons (Fsp3) is 0.258. The van der Waals surface area contributed by atoms with Crippen LogP contribution in [0.2, 0.25) is 0 Å². The van der Waals surface area contributed by atoms with Crippen molar-refractivity contribution in [3.05, 3.63) is 99.3 Å². The van der Waals surface area contributed by atoms with E-state index in [2.05, 4.69) is 20.9 Å². The number of nitrogens with zero attached hydrogens (tertiary/aromatic N) is 3. The monoisotopic (exact) mass is 697 g/mol. The zero-order chi connectivity index (χ0) is 32.4. The third kappa shape index (κ3) is 6.02. The Hall–Kier alpha value is -4.69. The second kappa shape index (κ2) is 13.1. The molecule has 1 aliphatic heterocycles. The van der Waals surface area contributed by atoms with Crippen LogP contribution in [0.1, 0.15) is 38.1 Å². The number of thiazole rings is 1. The molecule has 4 aromatic rings. The lowest BCUT2D eigenvalue weighted by atomic mass is 9.95. The van der Waals surface area contributed by atoms with E-state index in [0.717, 1.165) is 11.3 Å². The predicted octanol–water partition coefficient (Wildman–Crippen LogP) is 5.14. The summed E-state index contributed by atoms with van der Waals surface area (Å²) < 4.78 is 30.4. The zero-order valence-corrected chi connectivity index (χ0v) is 27.3. The molecular weight excluding hydrogens is 670 g/mol. The molecule has 5 rings (SSSR count). The maximum Gasteiger partial charge on any atom is 0.338 e. The van der Waals surface area contributed by atoms with Gasteiger partial charge >= 0.3 is 5.97 Å². The van der Waals surface area contributed by atoms with Crippen LogP contribution >= 0.6 is 27.3 Å². The number of esters is 1. The first-order valence-electron chi connectivity index (χ1n) is 13.7. The molecule has 0 saturated heterocycles. The molecule has 0 unspecified atom stereocenters. The lowest BCUT2D eigenvalue weighted by Crippen LogP contribution is -2.40. The number of carbonyl (C=O) groups is 1. The van der Waals surface area contributed by atoms with Crippen LogP contribution in [-0.4, -0.2) is 42.9 Å². The quantitative estimate of drug-likeness (QED) is 0.125. The van der Waals surface area contributed by atoms with Gasteiger partial charge in [0.15, 0.2) is 16.3 Å². The molecule has 0 N–H and O–H groups in total. The number of nitro benzene ring substituents is 1. The maximum absolute atomic E-state index is 14.1. The van der Waals surface area contributed by atoms with Crippen LogP contribution < -0.4 is 29.1 Å². The number of non-ortho nitro benzene ring substituents is 1. The van der Waals surface area contributed by atoms with Crippen molar-refractivity contribution in [2.45, 2.75) is 26.8 Å². The van der Waals surface area contributed by atoms with Gasteiger partial charge in [0.25, 0.3) is 11.2 Å². The predicted molar refractivity (Wildman–Crippen MR) is 170 cm³/mol. The van der Waals surface area contributed by atoms with E-state index in [4.69, 9.17) is 23.4 Å². The van der Waals surface area contributed by atoms with E-state index in [1.807, 2.05) is 6.92 Å². The van der Waals surface area contributed by atoms with Gasteiger partial charge in [-0.15, -0.1) is 0 Å². The number of allylic oxidation sites excluding steroid dienone is 1. The van der Waals surface area contributed by atoms with Crippen molar-refractivity contribution < 1.29 is 33.1 Å². The highest BCUT2D eigenvalue weighted by molar-refractivity contribution is 9.10. The minimum Gasteiger partial charge on any atom is -0.496 e. The maximum atomic E-state index is 14.1. The molecule has 2 aromatic heterocycles. The van der Waals surface area contributed by atoms with Gasteiger partial charge in [-0.1, -0.05) is 27.3 Å². The number of aromatic nitrogens is 1. The number of furan rings is 1. The number of carbonyl (C=O) groups excluding carboxylic acids is 1. The number of hydrogen-bond acceptors (Lipinski definition) is 11. The standard InChI is InChI=1S/C31H28BrN3O9S/c1-6-42-25-15-21(32)19(14-24(25)41-5)28-27(30(37)43-7-2)16(3)33-31-34(28)29(36)26(45-31)13-18-9-11-23(44-18)20-12-17(35(38)39)8-10-22(20)40-4/h8-15,28H,6-7H2,1-5H3/b26-13+/t28-/m0/s1. The normalized spacial score (nSPS) is 14.5. The van der Waals surface area contributed by atoms with Gasteiger partial charge in [-0.3, -0.25) is 19.5 Å². The van der Waals surface area contributed by atoms with Crippen molar-refractivity contribution >= 4 is 45.0 Å². The lowest BCUT2D eigenvalue weighted by molar-refractivity contribution is -0.384. The number of halogens is 1. The van der Waals surface area contributed by atoms with E-state index in [9.17, 15) is 19.7 Å². The highest BCUT2D eigenvalue weighted by atomic mass is 79.9. The van der Waals surface area contributed by atoms with E-state index < -0.39 is 22.5 Å². The van der Waals surface area contributed by atoms with Gasteiger partial charge in [0.2, 0.25) is 0 Å². The Balaban J connectivity index is 1.67. The largest absolute Gasteiger partial charge is 0.496 e. The second-order valence-corrected chi connectivity index (χ2v) is 11.5. The van der Waals surface area contributed by atoms with Crippen molar-refractivity contribution in [2.75, 3.05) is 27.4 Å². The third-order valence-electron chi connectivity index (χ3n) is 6.95. The molecule has 0 spiro atoms. The van der Waals surface area contributed by atoms with Crippen LogP contribution in [0.4, 0.5) is 5.69 Å². The SMILES string of the molecule is CCOC(=O)C1=C(C)N=c2s/c(=C/c3ccc(-c4cc([N+](=O)[O-])ccc4OC)o3)c(=O)n2[C@H]1c1cc(OC)c(OCC)cc1Br. The summed E-state index contributed by atoms with van der Waals surface area (Å²) in [6, 6.07) is 10.0. The molecule has 0 radical (unpaired) electrons. The Morgan fingerprint density at radius 2 is 1.87 bits per heavy atom. The highest BCUT2D eigenvalue weighted by Gasteiger charge is 2.35. The van der Waals surface area contributed by atoms with E-state index in [-0.39, 0.29) is 22.4 Å². The van der Waals surface area contributed by atoms with Crippen LogP contribution in [0, 0.1) is 10.1 Å². The number of methoxy groups -OCH3 is 2. The van der Waals surface area contributed by atoms with Crippen LogP contribution in [0.5, 0.6) is 17.2 Å². The van der Waals surface area contributed by atoms with Crippen molar-refractivity contribution in [2.24, 2.45) is 4.99 Å². The fourth-order valence-electron chi connectivity index (χ4n) is 4.98. The molecule has 14 heteroatoms. The first-order chi connectivity index (χ1) is 21.6. The number of benzene rings is 2. The first-order valence-corrected chi connectivity index (χ1v) is 15.3. The average Bonchev–Trinajstić information content (AvgIpc) is 3.60. The van der Waals surface area contributed by atoms with Gasteiger partial charge in [-0.25, -0.2) is 9.79 Å². The summed E-state index contributed by atoms with van der Waals surface area (Å²) in [5.41, 5.74) is 1.03. The smallest absolute Gasteiger partial charge is 0.338 e. The van der Waals surface area contributed by atoms with E-state index in [1.54, 1.807) is 44.2 Å². The lowest BCUT2D eigenvalue weighted by Gasteiger charge is -2.26. The van der Waals surface area contributed by atoms with Gasteiger partial charge < -0.3 is 23.4 Å². The second-order valence-electron chi connectivity index (χ2n) is 9.60. The van der Waals surface area contributed by atoms with Crippen LogP contribution in [0.3, 0.4) is 0 Å². The summed E-state index contributed by atoms with van der Waals surface area (Å²) >= 11 is 4.74. The molecule has 0 amide bonds. The van der Waals surface area contributed by atoms with Crippen molar-refractivity contribution in [3.8, 4) is 28.6 Å². The third-order valence-corrected chi connectivity index (χ3v) is 8.62. The summed E-state index contributed by atoms with van der Waals surface area (Å²) in [7, 11) is 2.96. The summed E-state index contributed by atoms with van der Waals surface area (Å²) in [5, 5.41) is 11.4. The minimum atomic E-state index is -0.900. The minimum absolute atomic E-state index is 0.123. The Morgan fingerprint density at radius 3 is 2.53 bits per heavy atom. The topological polar surface area (TPSA) is 145 Å². The number of ether oxygens (including phenoxy) is 4. The summed E-state index contributed by atoms with van der Waals surface area (Å²) in [6.07, 6.45) is 1.56. The Labute approximate surface area is 269 Å². The number of fused-ring (bicyclic) bond motifs is 1. The molecule has 0 aliphatic carbocycles. The Kier molecular flexibility index (Phi) is 9.25. The van der Waals surface area contributed by atoms with Crippen LogP contribution in [0.25, 0.3) is 17.4 Å². The zero-order valence-electron chi connectivity index (χ0n) is 24.9. The molecule has 1 aliphatic rings. The molecule has 1 atom stereocenters. The summed E-state index contributed by atoms with van der Waals surface area (Å²) in [5.74, 6) is 1.35. The van der Waals surface area contributed by atoms with Crippen LogP contribution in [0.15, 0.2) is 72.4 Å². The number of nitro groups is 1. The molecule has 2 aromatic carbocycles.